The van der Waals surface area contributed by atoms with Crippen molar-refractivity contribution in [2.45, 2.75) is 38.9 Å². The summed E-state index contributed by atoms with van der Waals surface area (Å²) in [6.07, 6.45) is 1.04. The van der Waals surface area contributed by atoms with Crippen molar-refractivity contribution >= 4 is 17.5 Å². The highest BCUT2D eigenvalue weighted by Gasteiger charge is 2.55. The molecule has 0 radical (unpaired) electrons. The molecule has 1 aliphatic rings. The molecule has 1 aliphatic heterocycles. The summed E-state index contributed by atoms with van der Waals surface area (Å²) in [4.78, 5) is 4.15. The van der Waals surface area contributed by atoms with Crippen molar-refractivity contribution in [2.75, 3.05) is 17.7 Å². The molecule has 1 aromatic carbocycles. The van der Waals surface area contributed by atoms with Crippen LogP contribution >= 0.6 is 0 Å². The summed E-state index contributed by atoms with van der Waals surface area (Å²) in [6.45, 7) is 6.90. The summed E-state index contributed by atoms with van der Waals surface area (Å²) < 4.78 is 48.1. The summed E-state index contributed by atoms with van der Waals surface area (Å²) in [5.41, 5.74) is 1.35. The van der Waals surface area contributed by atoms with E-state index in [-0.39, 0.29) is 6.42 Å². The molecule has 4 nitrogen and oxygen atoms in total. The van der Waals surface area contributed by atoms with Gasteiger partial charge in [0.15, 0.2) is 0 Å². The van der Waals surface area contributed by atoms with Crippen LogP contribution in [0.4, 0.5) is 24.5 Å². The molecule has 160 valence electrons. The van der Waals surface area contributed by atoms with Gasteiger partial charge in [-0.15, -0.1) is 0 Å². The Morgan fingerprint density at radius 1 is 1.20 bits per heavy atom. The van der Waals surface area contributed by atoms with Crippen LogP contribution < -0.4 is 15.4 Å². The molecular formula is C23H26F3N3O. The number of allylic oxidation sites excluding steroid dienone is 1. The Hall–Kier alpha value is -2.96. The largest absolute Gasteiger partial charge is 0.481 e. The first-order valence-corrected chi connectivity index (χ1v) is 9.80. The Kier molecular flexibility index (Phi) is 6.10. The van der Waals surface area contributed by atoms with Gasteiger partial charge in [0.2, 0.25) is 5.88 Å². The van der Waals surface area contributed by atoms with Crippen molar-refractivity contribution in [3.63, 3.8) is 0 Å². The number of aromatic nitrogens is 1. The van der Waals surface area contributed by atoms with E-state index in [1.54, 1.807) is 37.3 Å². The monoisotopic (exact) mass is 417 g/mol. The molecule has 0 fully saturated rings. The average Bonchev–Trinajstić information content (AvgIpc) is 2.71. The second-order valence-corrected chi connectivity index (χ2v) is 7.63. The molecule has 30 heavy (non-hydrogen) atoms. The highest BCUT2D eigenvalue weighted by molar-refractivity contribution is 5.83. The lowest BCUT2D eigenvalue weighted by Gasteiger charge is -2.40. The van der Waals surface area contributed by atoms with Gasteiger partial charge in [-0.2, -0.15) is 13.2 Å². The number of halogens is 3. The number of rotatable bonds is 7. The van der Waals surface area contributed by atoms with E-state index in [9.17, 15) is 13.2 Å². The van der Waals surface area contributed by atoms with Crippen molar-refractivity contribution in [3.05, 3.63) is 66.0 Å². The van der Waals surface area contributed by atoms with Crippen LogP contribution in [0.1, 0.15) is 43.9 Å². The number of alkyl halides is 3. The summed E-state index contributed by atoms with van der Waals surface area (Å²) in [5.74, 6) is 0.351. The molecule has 0 saturated heterocycles. The van der Waals surface area contributed by atoms with E-state index in [0.717, 1.165) is 16.9 Å². The van der Waals surface area contributed by atoms with Crippen LogP contribution in [0.3, 0.4) is 0 Å². The minimum Gasteiger partial charge on any atom is -0.481 e. The number of fused-ring (bicyclic) bond motifs is 1. The van der Waals surface area contributed by atoms with Gasteiger partial charge >= 0.3 is 6.18 Å². The van der Waals surface area contributed by atoms with Crippen molar-refractivity contribution in [1.29, 1.82) is 0 Å². The Morgan fingerprint density at radius 3 is 2.57 bits per heavy atom. The van der Waals surface area contributed by atoms with Gasteiger partial charge in [-0.05, 0) is 43.2 Å². The molecule has 2 heterocycles. The Morgan fingerprint density at radius 2 is 1.97 bits per heavy atom. The van der Waals surface area contributed by atoms with E-state index in [4.69, 9.17) is 4.74 Å². The maximum Gasteiger partial charge on any atom is 0.396 e. The van der Waals surface area contributed by atoms with Crippen molar-refractivity contribution < 1.29 is 17.9 Å². The van der Waals surface area contributed by atoms with E-state index in [0.29, 0.717) is 23.6 Å². The molecule has 2 N–H and O–H groups in total. The van der Waals surface area contributed by atoms with Crippen LogP contribution in [-0.4, -0.2) is 18.3 Å². The number of nitrogens with one attached hydrogen (secondary N) is 2. The predicted octanol–water partition coefficient (Wildman–Crippen LogP) is 6.56. The van der Waals surface area contributed by atoms with E-state index < -0.39 is 17.6 Å². The first-order valence-electron chi connectivity index (χ1n) is 9.80. The summed E-state index contributed by atoms with van der Waals surface area (Å²) in [6, 6.07) is 7.63. The maximum absolute atomic E-state index is 14.3. The number of nitrogens with zero attached hydrogens (tertiary/aromatic N) is 1. The number of benzene rings is 1. The zero-order chi connectivity index (χ0) is 21.9. The number of methoxy groups -OCH3 is 1. The number of ether oxygens (including phenoxy) is 1. The van der Waals surface area contributed by atoms with Gasteiger partial charge in [0.05, 0.1) is 18.6 Å². The predicted molar refractivity (Wildman–Crippen MR) is 114 cm³/mol. The molecule has 0 saturated carbocycles. The highest BCUT2D eigenvalue weighted by atomic mass is 19.4. The minimum atomic E-state index is -4.42. The van der Waals surface area contributed by atoms with E-state index in [1.807, 2.05) is 12.1 Å². The molecule has 0 amide bonds. The van der Waals surface area contributed by atoms with Crippen LogP contribution in [0.25, 0.3) is 6.08 Å². The van der Waals surface area contributed by atoms with Crippen LogP contribution in [0.2, 0.25) is 0 Å². The van der Waals surface area contributed by atoms with Crippen LogP contribution in [0.15, 0.2) is 54.9 Å². The van der Waals surface area contributed by atoms with Gasteiger partial charge < -0.3 is 15.4 Å². The molecule has 0 bridgehead atoms. The SMILES string of the molecule is C=C1C=Cc2c(cccc2NC(c2ccc(OC)nc2)C(C)(CCC)C(F)(F)F)N1. The summed E-state index contributed by atoms with van der Waals surface area (Å²) >= 11 is 0. The number of pyridine rings is 1. The molecule has 0 spiro atoms. The molecule has 2 atom stereocenters. The van der Waals surface area contributed by atoms with Crippen molar-refractivity contribution in [2.24, 2.45) is 5.41 Å². The van der Waals surface area contributed by atoms with Crippen molar-refractivity contribution in [3.8, 4) is 5.88 Å². The second kappa shape index (κ2) is 8.42. The Balaban J connectivity index is 2.10. The maximum atomic E-state index is 14.3. The number of hydrogen-bond acceptors (Lipinski definition) is 4. The Bertz CT molecular complexity index is 938. The van der Waals surface area contributed by atoms with E-state index in [1.165, 1.54) is 20.2 Å². The third kappa shape index (κ3) is 4.15. The smallest absolute Gasteiger partial charge is 0.396 e. The van der Waals surface area contributed by atoms with Crippen LogP contribution in [-0.2, 0) is 0 Å². The van der Waals surface area contributed by atoms with Crippen molar-refractivity contribution in [1.82, 2.24) is 4.98 Å². The first-order chi connectivity index (χ1) is 14.2. The topological polar surface area (TPSA) is 46.2 Å². The fraction of sp³-hybridized carbons (Fsp3) is 0.348. The van der Waals surface area contributed by atoms with Crippen LogP contribution in [0, 0.1) is 5.41 Å². The van der Waals surface area contributed by atoms with Gasteiger partial charge in [0, 0.05) is 34.9 Å². The van der Waals surface area contributed by atoms with E-state index in [2.05, 4.69) is 22.2 Å². The lowest BCUT2D eigenvalue weighted by Crippen LogP contribution is -2.43. The lowest BCUT2D eigenvalue weighted by atomic mass is 9.74. The standard InChI is InChI=1S/C23H26F3N3O/c1-5-13-22(3,23(24,25)26)21(16-10-12-20(30-4)27-14-16)29-19-8-6-7-18-17(19)11-9-15(2)28-18/h6-12,14,21,28-29H,2,5,13H2,1,3-4H3. The third-order valence-corrected chi connectivity index (χ3v) is 5.51. The molecule has 3 rings (SSSR count). The van der Waals surface area contributed by atoms with Gasteiger partial charge in [0.1, 0.15) is 0 Å². The molecular weight excluding hydrogens is 391 g/mol. The average molecular weight is 417 g/mol. The van der Waals surface area contributed by atoms with Gasteiger partial charge in [-0.3, -0.25) is 0 Å². The highest BCUT2D eigenvalue weighted by Crippen LogP contribution is 2.52. The third-order valence-electron chi connectivity index (χ3n) is 5.51. The molecule has 7 heteroatoms. The number of hydrogen-bond donors (Lipinski definition) is 2. The fourth-order valence-corrected chi connectivity index (χ4v) is 3.80. The minimum absolute atomic E-state index is 0.0277. The first kappa shape index (κ1) is 21.7. The van der Waals surface area contributed by atoms with Gasteiger partial charge in [-0.1, -0.05) is 32.1 Å². The molecule has 0 aliphatic carbocycles. The lowest BCUT2D eigenvalue weighted by molar-refractivity contribution is -0.226. The quantitative estimate of drug-likeness (QED) is 0.535. The Labute approximate surface area is 174 Å². The normalized spacial score (nSPS) is 16.3. The summed E-state index contributed by atoms with van der Waals surface area (Å²) in [5, 5.41) is 6.34. The van der Waals surface area contributed by atoms with Crippen LogP contribution in [0.5, 0.6) is 5.88 Å². The fourth-order valence-electron chi connectivity index (χ4n) is 3.80. The summed E-state index contributed by atoms with van der Waals surface area (Å²) in [7, 11) is 1.47. The second-order valence-electron chi connectivity index (χ2n) is 7.63. The molecule has 1 aromatic heterocycles. The molecule has 2 aromatic rings. The van der Waals surface area contributed by atoms with Gasteiger partial charge in [-0.25, -0.2) is 4.98 Å². The van der Waals surface area contributed by atoms with Gasteiger partial charge in [0.25, 0.3) is 0 Å². The number of anilines is 2. The van der Waals surface area contributed by atoms with E-state index >= 15 is 0 Å². The molecule has 2 unspecified atom stereocenters. The zero-order valence-electron chi connectivity index (χ0n) is 17.3. The zero-order valence-corrected chi connectivity index (χ0v) is 17.3.